The van der Waals surface area contributed by atoms with Crippen LogP contribution in [0.5, 0.6) is 5.75 Å². The number of rotatable bonds is 5. The van der Waals surface area contributed by atoms with E-state index in [0.29, 0.717) is 5.56 Å². The topological polar surface area (TPSA) is 54.5 Å². The predicted octanol–water partition coefficient (Wildman–Crippen LogP) is 2.80. The molecule has 0 aliphatic heterocycles. The maximum atomic E-state index is 12.6. The first kappa shape index (κ1) is 14.8. The second-order valence-corrected chi connectivity index (χ2v) is 4.51. The number of hydrogen-bond donors (Lipinski definition) is 1. The van der Waals surface area contributed by atoms with E-state index in [1.807, 2.05) is 31.2 Å². The third kappa shape index (κ3) is 3.31. The number of anilines is 2. The van der Waals surface area contributed by atoms with Crippen molar-refractivity contribution in [3.8, 4) is 5.75 Å². The van der Waals surface area contributed by atoms with E-state index in [1.165, 1.54) is 0 Å². The fourth-order valence-electron chi connectivity index (χ4n) is 2.01. The number of carbonyl (C=O) groups is 1. The number of aromatic nitrogens is 1. The van der Waals surface area contributed by atoms with Gasteiger partial charge in [-0.2, -0.15) is 0 Å². The van der Waals surface area contributed by atoms with Crippen molar-refractivity contribution in [1.29, 1.82) is 0 Å². The highest BCUT2D eigenvalue weighted by Crippen LogP contribution is 2.22. The highest BCUT2D eigenvalue weighted by molar-refractivity contribution is 6.09. The Morgan fingerprint density at radius 2 is 2.00 bits per heavy atom. The van der Waals surface area contributed by atoms with Gasteiger partial charge in [-0.25, -0.2) is 0 Å². The van der Waals surface area contributed by atoms with Gasteiger partial charge in [0.1, 0.15) is 5.75 Å². The third-order valence-electron chi connectivity index (χ3n) is 3.18. The molecule has 5 heteroatoms. The zero-order valence-electron chi connectivity index (χ0n) is 12.5. The van der Waals surface area contributed by atoms with Crippen LogP contribution in [0.2, 0.25) is 0 Å². The Morgan fingerprint density at radius 3 is 2.62 bits per heavy atom. The maximum Gasteiger partial charge on any atom is 0.261 e. The van der Waals surface area contributed by atoms with E-state index in [4.69, 9.17) is 4.74 Å². The average Bonchev–Trinajstić information content (AvgIpc) is 2.54. The van der Waals surface area contributed by atoms with Gasteiger partial charge in [-0.05, 0) is 37.3 Å². The van der Waals surface area contributed by atoms with E-state index in [-0.39, 0.29) is 5.91 Å². The Kier molecular flexibility index (Phi) is 4.77. The van der Waals surface area contributed by atoms with Crippen LogP contribution in [-0.2, 0) is 0 Å². The van der Waals surface area contributed by atoms with Gasteiger partial charge in [0.15, 0.2) is 0 Å². The van der Waals surface area contributed by atoms with Crippen LogP contribution in [0.3, 0.4) is 0 Å². The van der Waals surface area contributed by atoms with Crippen LogP contribution in [0.4, 0.5) is 11.4 Å². The van der Waals surface area contributed by atoms with Gasteiger partial charge >= 0.3 is 0 Å². The van der Waals surface area contributed by atoms with Crippen molar-refractivity contribution in [3.05, 3.63) is 48.3 Å². The molecule has 5 nitrogen and oxygen atoms in total. The third-order valence-corrected chi connectivity index (χ3v) is 3.18. The van der Waals surface area contributed by atoms with Crippen molar-refractivity contribution in [2.75, 3.05) is 30.9 Å². The number of nitrogens with one attached hydrogen (secondary N) is 1. The second-order valence-electron chi connectivity index (χ2n) is 4.51. The summed E-state index contributed by atoms with van der Waals surface area (Å²) < 4.78 is 5.12. The molecule has 0 aliphatic carbocycles. The van der Waals surface area contributed by atoms with Crippen LogP contribution in [0.1, 0.15) is 17.3 Å². The van der Waals surface area contributed by atoms with E-state index >= 15 is 0 Å². The summed E-state index contributed by atoms with van der Waals surface area (Å²) in [6.07, 6.45) is 3.25. The molecule has 1 aromatic carbocycles. The van der Waals surface area contributed by atoms with Crippen LogP contribution in [-0.4, -0.2) is 31.6 Å². The van der Waals surface area contributed by atoms with Gasteiger partial charge in [-0.1, -0.05) is 0 Å². The lowest BCUT2D eigenvalue weighted by molar-refractivity contribution is 0.0993. The lowest BCUT2D eigenvalue weighted by Gasteiger charge is -2.19. The normalized spacial score (nSPS) is 10.0. The zero-order chi connectivity index (χ0) is 15.2. The molecule has 2 aromatic rings. The Bertz CT molecular complexity index is 611. The summed E-state index contributed by atoms with van der Waals surface area (Å²) in [5.74, 6) is 0.651. The van der Waals surface area contributed by atoms with Gasteiger partial charge in [-0.15, -0.1) is 0 Å². The zero-order valence-corrected chi connectivity index (χ0v) is 12.5. The summed E-state index contributed by atoms with van der Waals surface area (Å²) in [7, 11) is 3.36. The molecule has 1 aromatic heterocycles. The molecule has 1 N–H and O–H groups in total. The van der Waals surface area contributed by atoms with Crippen LogP contribution in [0, 0.1) is 0 Å². The van der Waals surface area contributed by atoms with E-state index in [2.05, 4.69) is 10.3 Å². The van der Waals surface area contributed by atoms with E-state index < -0.39 is 0 Å². The number of nitrogens with zero attached hydrogens (tertiary/aromatic N) is 2. The molecule has 0 unspecified atom stereocenters. The molecule has 0 aliphatic rings. The quantitative estimate of drug-likeness (QED) is 0.917. The van der Waals surface area contributed by atoms with Crippen molar-refractivity contribution in [2.45, 2.75) is 6.92 Å². The van der Waals surface area contributed by atoms with Gasteiger partial charge < -0.3 is 15.0 Å². The van der Waals surface area contributed by atoms with Crippen molar-refractivity contribution in [3.63, 3.8) is 0 Å². The van der Waals surface area contributed by atoms with Gasteiger partial charge in [0.2, 0.25) is 0 Å². The average molecular weight is 285 g/mol. The molecular weight excluding hydrogens is 266 g/mol. The molecule has 0 bridgehead atoms. The van der Waals surface area contributed by atoms with E-state index in [0.717, 1.165) is 23.7 Å². The number of methoxy groups -OCH3 is 1. The minimum absolute atomic E-state index is 0.107. The number of pyridine rings is 1. The fourth-order valence-corrected chi connectivity index (χ4v) is 2.01. The molecule has 110 valence electrons. The summed E-state index contributed by atoms with van der Waals surface area (Å²) in [5, 5.41) is 3.17. The van der Waals surface area contributed by atoms with Crippen LogP contribution in [0.15, 0.2) is 42.7 Å². The number of amides is 1. The fraction of sp³-hybridized carbons (Fsp3) is 0.250. The van der Waals surface area contributed by atoms with Crippen molar-refractivity contribution in [1.82, 2.24) is 4.98 Å². The highest BCUT2D eigenvalue weighted by Gasteiger charge is 2.17. The second kappa shape index (κ2) is 6.74. The number of hydrogen-bond acceptors (Lipinski definition) is 4. The van der Waals surface area contributed by atoms with Gasteiger partial charge in [-0.3, -0.25) is 9.78 Å². The van der Waals surface area contributed by atoms with Crippen molar-refractivity contribution >= 4 is 17.3 Å². The Morgan fingerprint density at radius 1 is 1.29 bits per heavy atom. The molecule has 2 rings (SSSR count). The molecule has 21 heavy (non-hydrogen) atoms. The molecule has 1 heterocycles. The van der Waals surface area contributed by atoms with Crippen molar-refractivity contribution < 1.29 is 9.53 Å². The first-order chi connectivity index (χ1) is 10.2. The van der Waals surface area contributed by atoms with Gasteiger partial charge in [0, 0.05) is 31.7 Å². The smallest absolute Gasteiger partial charge is 0.261 e. The molecule has 0 saturated heterocycles. The largest absolute Gasteiger partial charge is 0.497 e. The number of carbonyl (C=O) groups excluding carboxylic acids is 1. The van der Waals surface area contributed by atoms with Crippen LogP contribution >= 0.6 is 0 Å². The Hall–Kier alpha value is -2.56. The molecule has 0 spiro atoms. The maximum absolute atomic E-state index is 12.6. The summed E-state index contributed by atoms with van der Waals surface area (Å²) in [6.45, 7) is 2.73. The monoisotopic (exact) mass is 285 g/mol. The van der Waals surface area contributed by atoms with Gasteiger partial charge in [0.05, 0.1) is 18.4 Å². The first-order valence-corrected chi connectivity index (χ1v) is 6.77. The lowest BCUT2D eigenvalue weighted by atomic mass is 10.2. The summed E-state index contributed by atoms with van der Waals surface area (Å²) in [5.41, 5.74) is 2.14. The molecule has 0 fully saturated rings. The summed E-state index contributed by atoms with van der Waals surface area (Å²) in [4.78, 5) is 18.2. The van der Waals surface area contributed by atoms with Crippen LogP contribution < -0.4 is 15.0 Å². The van der Waals surface area contributed by atoms with Crippen LogP contribution in [0.25, 0.3) is 0 Å². The standard InChI is InChI=1S/C16H19N3O2/c1-4-18-15-9-10-17-11-14(15)16(20)19(2)12-5-7-13(21-3)8-6-12/h5-11H,4H2,1-3H3,(H,17,18). The number of benzene rings is 1. The minimum atomic E-state index is -0.107. The molecule has 1 amide bonds. The molecular formula is C16H19N3O2. The highest BCUT2D eigenvalue weighted by atomic mass is 16.5. The Labute approximate surface area is 124 Å². The lowest BCUT2D eigenvalue weighted by Crippen LogP contribution is -2.27. The molecule has 0 radical (unpaired) electrons. The van der Waals surface area contributed by atoms with E-state index in [1.54, 1.807) is 37.5 Å². The summed E-state index contributed by atoms with van der Waals surface area (Å²) >= 11 is 0. The Balaban J connectivity index is 2.26. The molecule has 0 atom stereocenters. The van der Waals surface area contributed by atoms with Crippen molar-refractivity contribution in [2.24, 2.45) is 0 Å². The molecule has 0 saturated carbocycles. The summed E-state index contributed by atoms with van der Waals surface area (Å²) in [6, 6.07) is 9.15. The van der Waals surface area contributed by atoms with Gasteiger partial charge in [0.25, 0.3) is 5.91 Å². The SMILES string of the molecule is CCNc1ccncc1C(=O)N(C)c1ccc(OC)cc1. The minimum Gasteiger partial charge on any atom is -0.497 e. The predicted molar refractivity (Wildman–Crippen MR) is 84.1 cm³/mol. The first-order valence-electron chi connectivity index (χ1n) is 6.77. The van der Waals surface area contributed by atoms with E-state index in [9.17, 15) is 4.79 Å². The number of ether oxygens (including phenoxy) is 1.